The van der Waals surface area contributed by atoms with Gasteiger partial charge in [0.15, 0.2) is 0 Å². The van der Waals surface area contributed by atoms with Crippen LogP contribution >= 0.6 is 0 Å². The molecular weight excluding hydrogens is 164 g/mol. The number of rotatable bonds is 3. The van der Waals surface area contributed by atoms with Gasteiger partial charge in [0.05, 0.1) is 11.7 Å². The van der Waals surface area contributed by atoms with Crippen LogP contribution in [0.5, 0.6) is 0 Å². The number of hydrogen-bond acceptors (Lipinski definition) is 2. The van der Waals surface area contributed by atoms with Gasteiger partial charge in [0.25, 0.3) is 0 Å². The number of hydrogen-bond donors (Lipinski definition) is 2. The summed E-state index contributed by atoms with van der Waals surface area (Å²) in [4.78, 5) is 0. The maximum atomic E-state index is 9.80. The summed E-state index contributed by atoms with van der Waals surface area (Å²) in [5.41, 5.74) is -0.00477. The Morgan fingerprint density at radius 1 is 1.31 bits per heavy atom. The van der Waals surface area contributed by atoms with E-state index >= 15 is 0 Å². The summed E-state index contributed by atoms with van der Waals surface area (Å²) >= 11 is 0. The quantitative estimate of drug-likeness (QED) is 0.737. The monoisotopic (exact) mass is 180 g/mol. The fourth-order valence-electron chi connectivity index (χ4n) is 1.16. The Morgan fingerprint density at radius 2 is 1.85 bits per heavy atom. The van der Waals surface area contributed by atoms with E-state index in [2.05, 4.69) is 0 Å². The highest BCUT2D eigenvalue weighted by Gasteiger charge is 2.26. The van der Waals surface area contributed by atoms with Crippen LogP contribution in [0.15, 0.2) is 30.3 Å². The molecule has 1 aromatic rings. The van der Waals surface area contributed by atoms with Crippen molar-refractivity contribution < 1.29 is 10.2 Å². The fraction of sp³-hybridized carbons (Fsp3) is 0.455. The highest BCUT2D eigenvalue weighted by molar-refractivity contribution is 5.17. The first-order valence-corrected chi connectivity index (χ1v) is 4.47. The van der Waals surface area contributed by atoms with Gasteiger partial charge >= 0.3 is 0 Å². The molecule has 0 aromatic heterocycles. The van der Waals surface area contributed by atoms with Crippen molar-refractivity contribution in [3.63, 3.8) is 0 Å². The fourth-order valence-corrected chi connectivity index (χ4v) is 1.16. The largest absolute Gasteiger partial charge is 0.390 e. The molecule has 0 aliphatic rings. The lowest BCUT2D eigenvalue weighted by molar-refractivity contribution is -0.0512. The third-order valence-electron chi connectivity index (χ3n) is 2.30. The van der Waals surface area contributed by atoms with Crippen molar-refractivity contribution in [1.82, 2.24) is 0 Å². The van der Waals surface area contributed by atoms with E-state index < -0.39 is 11.7 Å². The van der Waals surface area contributed by atoms with E-state index in [0.717, 1.165) is 5.56 Å². The number of aliphatic hydroxyl groups excluding tert-OH is 1. The average molecular weight is 180 g/mol. The number of benzene rings is 1. The average Bonchev–Trinajstić information content (AvgIpc) is 2.05. The van der Waals surface area contributed by atoms with Gasteiger partial charge in [-0.2, -0.15) is 0 Å². The number of aliphatic hydroxyl groups is 2. The summed E-state index contributed by atoms with van der Waals surface area (Å²) in [6.45, 7) is 3.24. The van der Waals surface area contributed by atoms with Crippen LogP contribution in [0.3, 0.4) is 0 Å². The van der Waals surface area contributed by atoms with Crippen LogP contribution in [0.2, 0.25) is 0 Å². The molecule has 0 amide bonds. The highest BCUT2D eigenvalue weighted by atomic mass is 16.3. The van der Waals surface area contributed by atoms with Gasteiger partial charge in [-0.3, -0.25) is 0 Å². The molecule has 13 heavy (non-hydrogen) atoms. The normalized spacial score (nSPS) is 17.8. The molecule has 0 heterocycles. The predicted octanol–water partition coefficient (Wildman–Crippen LogP) is 1.36. The van der Waals surface area contributed by atoms with E-state index in [9.17, 15) is 10.2 Å². The molecule has 72 valence electrons. The Labute approximate surface area is 78.8 Å². The lowest BCUT2D eigenvalue weighted by Crippen LogP contribution is -2.39. The molecule has 0 saturated carbocycles. The third-order valence-corrected chi connectivity index (χ3v) is 2.30. The summed E-state index contributed by atoms with van der Waals surface area (Å²) in [7, 11) is 0. The molecule has 0 radical (unpaired) electrons. The molecule has 2 nitrogen and oxygen atoms in total. The Bertz CT molecular complexity index is 252. The van der Waals surface area contributed by atoms with E-state index in [1.165, 1.54) is 0 Å². The minimum atomic E-state index is -1.04. The summed E-state index contributed by atoms with van der Waals surface area (Å²) < 4.78 is 0. The highest BCUT2D eigenvalue weighted by Crippen LogP contribution is 2.16. The van der Waals surface area contributed by atoms with Gasteiger partial charge in [0.2, 0.25) is 0 Å². The summed E-state index contributed by atoms with van der Waals surface area (Å²) in [6, 6.07) is 9.66. The van der Waals surface area contributed by atoms with Gasteiger partial charge < -0.3 is 10.2 Å². The second-order valence-corrected chi connectivity index (χ2v) is 3.70. The van der Waals surface area contributed by atoms with Crippen LogP contribution in [0.25, 0.3) is 0 Å². The molecular formula is C11H16O2. The first kappa shape index (κ1) is 10.2. The molecule has 0 bridgehead atoms. The topological polar surface area (TPSA) is 40.5 Å². The molecule has 0 aliphatic heterocycles. The van der Waals surface area contributed by atoms with Gasteiger partial charge in [-0.25, -0.2) is 0 Å². The zero-order chi connectivity index (χ0) is 9.90. The molecule has 1 aromatic carbocycles. The Balaban J connectivity index is 2.69. The van der Waals surface area contributed by atoms with Crippen molar-refractivity contribution in [3.05, 3.63) is 35.9 Å². The van der Waals surface area contributed by atoms with Crippen LogP contribution in [-0.4, -0.2) is 21.9 Å². The van der Waals surface area contributed by atoms with Crippen molar-refractivity contribution in [2.24, 2.45) is 0 Å². The van der Waals surface area contributed by atoms with Crippen molar-refractivity contribution in [1.29, 1.82) is 0 Å². The second-order valence-electron chi connectivity index (χ2n) is 3.70. The zero-order valence-electron chi connectivity index (χ0n) is 8.07. The molecule has 0 spiro atoms. The maximum absolute atomic E-state index is 9.80. The van der Waals surface area contributed by atoms with Crippen molar-refractivity contribution >= 4 is 0 Å². The Hall–Kier alpha value is -0.860. The van der Waals surface area contributed by atoms with Gasteiger partial charge in [-0.1, -0.05) is 30.3 Å². The molecule has 2 heteroatoms. The first-order chi connectivity index (χ1) is 6.02. The van der Waals surface area contributed by atoms with E-state index in [1.54, 1.807) is 13.8 Å². The SMILES string of the molecule is CC(O)C(C)(O)Cc1ccccc1. The molecule has 2 unspecified atom stereocenters. The minimum absolute atomic E-state index is 0.478. The van der Waals surface area contributed by atoms with Crippen LogP contribution < -0.4 is 0 Å². The van der Waals surface area contributed by atoms with Crippen LogP contribution in [0.1, 0.15) is 19.4 Å². The molecule has 2 atom stereocenters. The molecule has 0 saturated heterocycles. The van der Waals surface area contributed by atoms with E-state index in [4.69, 9.17) is 0 Å². The summed E-state index contributed by atoms with van der Waals surface area (Å²) in [6.07, 6.45) is -0.237. The van der Waals surface area contributed by atoms with Crippen LogP contribution in [0.4, 0.5) is 0 Å². The molecule has 0 fully saturated rings. The molecule has 1 rings (SSSR count). The van der Waals surface area contributed by atoms with E-state index in [0.29, 0.717) is 6.42 Å². The molecule has 0 aliphatic carbocycles. The van der Waals surface area contributed by atoms with Crippen molar-refractivity contribution in [3.8, 4) is 0 Å². The third kappa shape index (κ3) is 2.83. The summed E-state index contributed by atoms with van der Waals surface area (Å²) in [5, 5.41) is 19.1. The molecule has 2 N–H and O–H groups in total. The Kier molecular flexibility index (Phi) is 3.07. The van der Waals surface area contributed by atoms with Gasteiger partial charge in [0.1, 0.15) is 0 Å². The zero-order valence-corrected chi connectivity index (χ0v) is 8.07. The van der Waals surface area contributed by atoms with E-state index in [-0.39, 0.29) is 0 Å². The minimum Gasteiger partial charge on any atom is -0.390 e. The summed E-state index contributed by atoms with van der Waals surface area (Å²) in [5.74, 6) is 0. The lowest BCUT2D eigenvalue weighted by Gasteiger charge is -2.26. The predicted molar refractivity (Wildman–Crippen MR) is 52.5 cm³/mol. The van der Waals surface area contributed by atoms with Crippen LogP contribution in [0, 0.1) is 0 Å². The Morgan fingerprint density at radius 3 is 2.31 bits per heavy atom. The standard InChI is InChI=1S/C11H16O2/c1-9(12)11(2,13)8-10-6-4-3-5-7-10/h3-7,9,12-13H,8H2,1-2H3. The van der Waals surface area contributed by atoms with Gasteiger partial charge in [-0.05, 0) is 19.4 Å². The maximum Gasteiger partial charge on any atom is 0.0914 e. The lowest BCUT2D eigenvalue weighted by atomic mass is 9.92. The van der Waals surface area contributed by atoms with Crippen molar-refractivity contribution in [2.75, 3.05) is 0 Å². The van der Waals surface area contributed by atoms with Crippen molar-refractivity contribution in [2.45, 2.75) is 32.0 Å². The van der Waals surface area contributed by atoms with Gasteiger partial charge in [0, 0.05) is 6.42 Å². The second kappa shape index (κ2) is 3.90. The smallest absolute Gasteiger partial charge is 0.0914 e. The van der Waals surface area contributed by atoms with Gasteiger partial charge in [-0.15, -0.1) is 0 Å². The van der Waals surface area contributed by atoms with E-state index in [1.807, 2.05) is 30.3 Å². The first-order valence-electron chi connectivity index (χ1n) is 4.47. The van der Waals surface area contributed by atoms with Crippen LogP contribution in [-0.2, 0) is 6.42 Å².